The molecule has 42 heavy (non-hydrogen) atoms. The number of halogens is 2. The van der Waals surface area contributed by atoms with Crippen LogP contribution in [0.25, 0.3) is 6.08 Å². The molecule has 3 aromatic carbocycles. The number of aryl methyl sites for hydroxylation is 1. The number of benzene rings is 3. The van der Waals surface area contributed by atoms with Crippen LogP contribution in [0, 0.1) is 12.3 Å². The summed E-state index contributed by atoms with van der Waals surface area (Å²) in [5.41, 5.74) is 2.82. The van der Waals surface area contributed by atoms with Gasteiger partial charge in [-0.2, -0.15) is 15.1 Å². The molecule has 0 aromatic heterocycles. The highest BCUT2D eigenvalue weighted by molar-refractivity contribution is 8.27. The molecule has 2 aliphatic rings. The lowest BCUT2D eigenvalue weighted by atomic mass is 10.0. The van der Waals surface area contributed by atoms with Gasteiger partial charge >= 0.3 is 0 Å². The van der Waals surface area contributed by atoms with Crippen LogP contribution in [-0.2, 0) is 4.79 Å². The number of ether oxygens (including phenoxy) is 3. The summed E-state index contributed by atoms with van der Waals surface area (Å²) in [4.78, 5) is 16.9. The van der Waals surface area contributed by atoms with E-state index in [0.717, 1.165) is 16.9 Å². The molecule has 8 nitrogen and oxygen atoms in total. The number of para-hydroxylation sites is 1. The lowest BCUT2D eigenvalue weighted by Gasteiger charge is -2.20. The van der Waals surface area contributed by atoms with Gasteiger partial charge in [0.25, 0.3) is 5.91 Å². The molecule has 3 aromatic rings. The number of nitrogens with one attached hydrogen (secondary N) is 1. The van der Waals surface area contributed by atoms with E-state index in [1.165, 1.54) is 22.8 Å². The highest BCUT2D eigenvalue weighted by Gasteiger charge is 2.35. The van der Waals surface area contributed by atoms with E-state index in [0.29, 0.717) is 39.8 Å². The van der Waals surface area contributed by atoms with E-state index in [1.807, 2.05) is 43.3 Å². The fourth-order valence-corrected chi connectivity index (χ4v) is 5.67. The fourth-order valence-electron chi connectivity index (χ4n) is 4.26. The van der Waals surface area contributed by atoms with Crippen LogP contribution in [0.1, 0.15) is 36.5 Å². The zero-order valence-corrected chi connectivity index (χ0v) is 25.5. The van der Waals surface area contributed by atoms with Gasteiger partial charge in [-0.25, -0.2) is 0 Å². The maximum atomic E-state index is 12.8. The van der Waals surface area contributed by atoms with Gasteiger partial charge in [-0.05, 0) is 77.7 Å². The molecule has 0 fully saturated rings. The first kappa shape index (κ1) is 29.7. The molecule has 0 saturated carbocycles. The first-order valence-electron chi connectivity index (χ1n) is 13.2. The molecule has 2 heterocycles. The Labute approximate surface area is 258 Å². The topological polar surface area (TPSA) is 96.6 Å². The van der Waals surface area contributed by atoms with Gasteiger partial charge in [0.2, 0.25) is 5.17 Å². The Bertz CT molecular complexity index is 1600. The Hall–Kier alpha value is -3.79. The van der Waals surface area contributed by atoms with E-state index in [2.05, 4.69) is 36.1 Å². The number of fused-ring (bicyclic) bond motifs is 1. The van der Waals surface area contributed by atoms with Gasteiger partial charge in [0.05, 0.1) is 15.6 Å². The van der Waals surface area contributed by atoms with Crippen molar-refractivity contribution in [2.24, 2.45) is 10.1 Å². The number of hydrogen-bond donors (Lipinski definition) is 1. The largest absolute Gasteiger partial charge is 0.490 e. The van der Waals surface area contributed by atoms with Gasteiger partial charge in [0.1, 0.15) is 36.4 Å². The Balaban J connectivity index is 1.24. The zero-order valence-electron chi connectivity index (χ0n) is 23.2. The average Bonchev–Trinajstić information content (AvgIpc) is 3.36. The number of hydrogen-bond acceptors (Lipinski definition) is 7. The number of rotatable bonds is 10. The summed E-state index contributed by atoms with van der Waals surface area (Å²) < 4.78 is 17.6. The number of amidine groups is 2. The SMILES string of the molecule is Cc1ccc(C(C)C)c(OCCOc2c(Cl)cc(/C=C3/C(=N)N4N=C(COc5ccccc5)SC4=NC3=O)cc2Cl)c1. The number of aliphatic imine (C=N–C) groups is 1. The summed E-state index contributed by atoms with van der Waals surface area (Å²) in [5, 5.41) is 15.8. The van der Waals surface area contributed by atoms with Crippen molar-refractivity contribution in [2.45, 2.75) is 26.7 Å². The molecule has 0 bridgehead atoms. The van der Waals surface area contributed by atoms with Crippen LogP contribution >= 0.6 is 35.0 Å². The van der Waals surface area contributed by atoms with Gasteiger partial charge < -0.3 is 14.2 Å². The normalized spacial score (nSPS) is 15.6. The number of thioether (sulfide) groups is 1. The number of carbonyl (C=O) groups is 1. The van der Waals surface area contributed by atoms with Crippen molar-refractivity contribution in [2.75, 3.05) is 19.8 Å². The van der Waals surface area contributed by atoms with Gasteiger partial charge in [-0.3, -0.25) is 10.2 Å². The number of nitrogens with zero attached hydrogens (tertiary/aromatic N) is 3. The molecular weight excluding hydrogens is 595 g/mol. The molecular formula is C31H28Cl2N4O4S. The molecule has 5 rings (SSSR count). The Morgan fingerprint density at radius 1 is 1.00 bits per heavy atom. The lowest BCUT2D eigenvalue weighted by Crippen LogP contribution is -2.35. The van der Waals surface area contributed by atoms with Crippen LogP contribution < -0.4 is 14.2 Å². The molecule has 2 aliphatic heterocycles. The van der Waals surface area contributed by atoms with Gasteiger partial charge in [-0.1, -0.05) is 67.4 Å². The molecule has 0 atom stereocenters. The Morgan fingerprint density at radius 3 is 2.43 bits per heavy atom. The van der Waals surface area contributed by atoms with Crippen molar-refractivity contribution >= 4 is 63.0 Å². The highest BCUT2D eigenvalue weighted by atomic mass is 35.5. The number of amides is 1. The van der Waals surface area contributed by atoms with Crippen molar-refractivity contribution in [3.63, 3.8) is 0 Å². The molecule has 0 unspecified atom stereocenters. The fraction of sp³-hybridized carbons (Fsp3) is 0.226. The molecule has 0 radical (unpaired) electrons. The van der Waals surface area contributed by atoms with E-state index < -0.39 is 5.91 Å². The quantitative estimate of drug-likeness (QED) is 0.185. The first-order chi connectivity index (χ1) is 20.2. The van der Waals surface area contributed by atoms with Gasteiger partial charge in [-0.15, -0.1) is 0 Å². The standard InChI is InChI=1S/C31H28Cl2N4O4S/c1-18(2)22-10-9-19(3)13-26(22)39-11-12-40-28-24(32)15-20(16-25(28)33)14-23-29(34)37-31(35-30(23)38)42-27(36-37)17-41-21-7-5-4-6-8-21/h4-10,13-16,18,34H,11-12,17H2,1-3H3/b23-14-,34-29?. The lowest BCUT2D eigenvalue weighted by molar-refractivity contribution is -0.114. The second kappa shape index (κ2) is 13.0. The van der Waals surface area contributed by atoms with E-state index >= 15 is 0 Å². The predicted molar refractivity (Wildman–Crippen MR) is 170 cm³/mol. The van der Waals surface area contributed by atoms with Crippen LogP contribution in [0.4, 0.5) is 0 Å². The summed E-state index contributed by atoms with van der Waals surface area (Å²) in [5.74, 6) is 1.50. The maximum absolute atomic E-state index is 12.8. The van der Waals surface area contributed by atoms with E-state index in [9.17, 15) is 4.79 Å². The summed E-state index contributed by atoms with van der Waals surface area (Å²) in [6.45, 7) is 6.98. The van der Waals surface area contributed by atoms with Crippen LogP contribution in [0.3, 0.4) is 0 Å². The van der Waals surface area contributed by atoms with Crippen LogP contribution in [0.15, 0.2) is 76.3 Å². The molecule has 0 saturated heterocycles. The summed E-state index contributed by atoms with van der Waals surface area (Å²) >= 11 is 14.2. The average molecular weight is 624 g/mol. The monoisotopic (exact) mass is 622 g/mol. The summed E-state index contributed by atoms with van der Waals surface area (Å²) in [6.07, 6.45) is 1.51. The van der Waals surface area contributed by atoms with Gasteiger partial charge in [0.15, 0.2) is 11.6 Å². The summed E-state index contributed by atoms with van der Waals surface area (Å²) in [6, 6.07) is 18.7. The highest BCUT2D eigenvalue weighted by Crippen LogP contribution is 2.36. The zero-order chi connectivity index (χ0) is 29.8. The van der Waals surface area contributed by atoms with Crippen molar-refractivity contribution in [1.29, 1.82) is 5.41 Å². The smallest absolute Gasteiger partial charge is 0.283 e. The van der Waals surface area contributed by atoms with E-state index in [-0.39, 0.29) is 34.7 Å². The van der Waals surface area contributed by atoms with Crippen molar-refractivity contribution in [3.8, 4) is 17.2 Å². The van der Waals surface area contributed by atoms with Gasteiger partial charge in [0, 0.05) is 0 Å². The minimum absolute atomic E-state index is 0.0571. The van der Waals surface area contributed by atoms with Crippen molar-refractivity contribution in [3.05, 3.63) is 93.0 Å². The summed E-state index contributed by atoms with van der Waals surface area (Å²) in [7, 11) is 0. The van der Waals surface area contributed by atoms with E-state index in [1.54, 1.807) is 12.1 Å². The predicted octanol–water partition coefficient (Wildman–Crippen LogP) is 7.58. The molecule has 0 aliphatic carbocycles. The number of carbonyl (C=O) groups excluding carboxylic acids is 1. The minimum atomic E-state index is -0.555. The maximum Gasteiger partial charge on any atom is 0.283 e. The third kappa shape index (κ3) is 6.81. The molecule has 1 amide bonds. The Kier molecular flexibility index (Phi) is 9.21. The molecule has 0 spiro atoms. The van der Waals surface area contributed by atoms with Crippen LogP contribution in [-0.4, -0.2) is 46.8 Å². The van der Waals surface area contributed by atoms with Crippen molar-refractivity contribution in [1.82, 2.24) is 5.01 Å². The third-order valence-electron chi connectivity index (χ3n) is 6.31. The second-order valence-electron chi connectivity index (χ2n) is 9.82. The Morgan fingerprint density at radius 2 is 1.71 bits per heavy atom. The van der Waals surface area contributed by atoms with Crippen LogP contribution in [0.5, 0.6) is 17.2 Å². The molecule has 216 valence electrons. The second-order valence-corrected chi connectivity index (χ2v) is 11.7. The third-order valence-corrected chi connectivity index (χ3v) is 7.76. The van der Waals surface area contributed by atoms with Crippen LogP contribution in [0.2, 0.25) is 10.0 Å². The minimum Gasteiger partial charge on any atom is -0.490 e. The number of hydrazone groups is 1. The van der Waals surface area contributed by atoms with Crippen molar-refractivity contribution < 1.29 is 19.0 Å². The van der Waals surface area contributed by atoms with E-state index in [4.69, 9.17) is 42.8 Å². The molecule has 1 N–H and O–H groups in total. The molecule has 11 heteroatoms. The first-order valence-corrected chi connectivity index (χ1v) is 14.8.